The van der Waals surface area contributed by atoms with Crippen LogP contribution < -0.4 is 15.8 Å². The highest BCUT2D eigenvalue weighted by Crippen LogP contribution is 2.34. The first-order valence-electron chi connectivity index (χ1n) is 12.2. The van der Waals surface area contributed by atoms with Crippen LogP contribution in [0.1, 0.15) is 29.0 Å². The standard InChI is InChI=1S/C32H26ClNO/c33-24-12-9-21(10-13-24)18-32(35)23-19-29-27-14-11-22-6-3-4-7-25(22)26(27)15-16-28(29)30(20-23)31-8-2-1-5-17-34-31/h1-10,12-17,19,23,30,34H,11,18,20H2. The molecule has 0 aromatic heterocycles. The summed E-state index contributed by atoms with van der Waals surface area (Å²) in [6.07, 6.45) is 16.8. The van der Waals surface area contributed by atoms with Crippen molar-refractivity contribution in [2.45, 2.75) is 25.2 Å². The molecule has 3 aromatic carbocycles. The molecule has 0 saturated heterocycles. The minimum atomic E-state index is -0.154. The highest BCUT2D eigenvalue weighted by Gasteiger charge is 2.30. The van der Waals surface area contributed by atoms with Crippen LogP contribution in [0.4, 0.5) is 0 Å². The van der Waals surface area contributed by atoms with Gasteiger partial charge in [-0.2, -0.15) is 0 Å². The third kappa shape index (κ3) is 4.19. The van der Waals surface area contributed by atoms with Crippen LogP contribution in [0, 0.1) is 5.92 Å². The number of fused-ring (bicyclic) bond motifs is 5. The van der Waals surface area contributed by atoms with E-state index in [1.807, 2.05) is 42.6 Å². The molecular formula is C32H26ClNO. The van der Waals surface area contributed by atoms with Gasteiger partial charge in [0.25, 0.3) is 0 Å². The largest absolute Gasteiger partial charge is 0.364 e. The lowest BCUT2D eigenvalue weighted by Gasteiger charge is -2.30. The van der Waals surface area contributed by atoms with Crippen molar-refractivity contribution in [3.8, 4) is 11.1 Å². The van der Waals surface area contributed by atoms with Crippen molar-refractivity contribution in [1.82, 2.24) is 5.32 Å². The van der Waals surface area contributed by atoms with Crippen LogP contribution in [0.15, 0.2) is 96.9 Å². The Morgan fingerprint density at radius 3 is 2.66 bits per heavy atom. The maximum atomic E-state index is 13.6. The molecule has 1 aliphatic heterocycles. The second-order valence-electron chi connectivity index (χ2n) is 9.44. The van der Waals surface area contributed by atoms with Gasteiger partial charge in [-0.15, -0.1) is 0 Å². The molecular weight excluding hydrogens is 450 g/mol. The summed E-state index contributed by atoms with van der Waals surface area (Å²) in [6, 6.07) is 20.8. The molecule has 2 atom stereocenters. The molecule has 2 aliphatic carbocycles. The zero-order valence-electron chi connectivity index (χ0n) is 19.4. The average molecular weight is 476 g/mol. The predicted octanol–water partition coefficient (Wildman–Crippen LogP) is 5.60. The molecule has 172 valence electrons. The van der Waals surface area contributed by atoms with Crippen LogP contribution in [0.25, 0.3) is 23.3 Å². The lowest BCUT2D eigenvalue weighted by atomic mass is 9.76. The number of rotatable bonds is 4. The fourth-order valence-corrected chi connectivity index (χ4v) is 5.69. The summed E-state index contributed by atoms with van der Waals surface area (Å²) >= 11 is 6.06. The molecule has 1 heterocycles. The second-order valence-corrected chi connectivity index (χ2v) is 9.87. The summed E-state index contributed by atoms with van der Waals surface area (Å²) in [7, 11) is 0. The number of Topliss-reactive ketones (excluding diaryl/α,β-unsaturated/α-hetero) is 1. The molecule has 3 aliphatic rings. The van der Waals surface area contributed by atoms with E-state index in [9.17, 15) is 4.79 Å². The molecule has 6 rings (SSSR count). The van der Waals surface area contributed by atoms with Gasteiger partial charge in [0.15, 0.2) is 0 Å². The van der Waals surface area contributed by atoms with E-state index in [4.69, 9.17) is 11.6 Å². The fourth-order valence-electron chi connectivity index (χ4n) is 5.56. The van der Waals surface area contributed by atoms with Crippen molar-refractivity contribution >= 4 is 29.5 Å². The summed E-state index contributed by atoms with van der Waals surface area (Å²) in [6.45, 7) is 0. The molecule has 3 heteroatoms. The van der Waals surface area contributed by atoms with Crippen LogP contribution in [0.3, 0.4) is 0 Å². The van der Waals surface area contributed by atoms with Crippen LogP contribution >= 0.6 is 11.6 Å². The Morgan fingerprint density at radius 1 is 0.914 bits per heavy atom. The smallest absolute Gasteiger partial charge is 0.144 e. The minimum absolute atomic E-state index is 0.123. The third-order valence-electron chi connectivity index (χ3n) is 7.31. The van der Waals surface area contributed by atoms with E-state index >= 15 is 0 Å². The second kappa shape index (κ2) is 9.20. The monoisotopic (exact) mass is 475 g/mol. The van der Waals surface area contributed by atoms with Crippen LogP contribution in [-0.2, 0) is 17.6 Å². The van der Waals surface area contributed by atoms with Crippen molar-refractivity contribution in [1.29, 1.82) is 0 Å². The molecule has 0 fully saturated rings. The van der Waals surface area contributed by atoms with Crippen molar-refractivity contribution in [2.24, 2.45) is 5.92 Å². The van der Waals surface area contributed by atoms with Gasteiger partial charge in [0.2, 0.25) is 0 Å². The average Bonchev–Trinajstić information content (AvgIpc) is 3.18. The molecule has 2 nitrogen and oxygen atoms in total. The van der Waals surface area contributed by atoms with E-state index < -0.39 is 0 Å². The summed E-state index contributed by atoms with van der Waals surface area (Å²) < 4.78 is 0. The predicted molar refractivity (Wildman–Crippen MR) is 144 cm³/mol. The number of carbonyl (C=O) groups excluding carboxylic acids is 1. The molecule has 35 heavy (non-hydrogen) atoms. The number of ketones is 1. The Kier molecular flexibility index (Phi) is 5.75. The normalized spacial score (nSPS) is 19.6. The van der Waals surface area contributed by atoms with Gasteiger partial charge < -0.3 is 5.32 Å². The molecule has 0 saturated carbocycles. The van der Waals surface area contributed by atoms with Crippen LogP contribution in [-0.4, -0.2) is 5.78 Å². The molecule has 1 N–H and O–H groups in total. The van der Waals surface area contributed by atoms with E-state index in [1.54, 1.807) is 0 Å². The van der Waals surface area contributed by atoms with Crippen LogP contribution in [0.5, 0.6) is 0 Å². The van der Waals surface area contributed by atoms with Crippen molar-refractivity contribution in [3.63, 3.8) is 0 Å². The van der Waals surface area contributed by atoms with Gasteiger partial charge in [0, 0.05) is 35.2 Å². The molecule has 3 aromatic rings. The van der Waals surface area contributed by atoms with Gasteiger partial charge in [-0.05, 0) is 75.4 Å². The first kappa shape index (κ1) is 21.9. The topological polar surface area (TPSA) is 29.1 Å². The van der Waals surface area contributed by atoms with Crippen LogP contribution in [0.2, 0.25) is 5.02 Å². The number of hydrogen-bond donors (Lipinski definition) is 1. The quantitative estimate of drug-likeness (QED) is 0.532. The number of hydrogen-bond acceptors (Lipinski definition) is 2. The third-order valence-corrected chi connectivity index (χ3v) is 7.56. The number of carbonyl (C=O) groups is 1. The van der Waals surface area contributed by atoms with E-state index in [-0.39, 0.29) is 17.6 Å². The zero-order valence-corrected chi connectivity index (χ0v) is 20.1. The Morgan fingerprint density at radius 2 is 1.77 bits per heavy atom. The first-order chi connectivity index (χ1) is 17.2. The van der Waals surface area contributed by atoms with Crippen molar-refractivity contribution in [3.05, 3.63) is 129 Å². The van der Waals surface area contributed by atoms with Crippen molar-refractivity contribution < 1.29 is 4.79 Å². The maximum absolute atomic E-state index is 13.6. The summed E-state index contributed by atoms with van der Waals surface area (Å²) in [5.41, 5.74) is 7.33. The molecule has 2 unspecified atom stereocenters. The Bertz CT molecular complexity index is 1520. The highest BCUT2D eigenvalue weighted by molar-refractivity contribution is 6.30. The van der Waals surface area contributed by atoms with Gasteiger partial charge in [0.1, 0.15) is 5.78 Å². The molecule has 0 bridgehead atoms. The Hall–Kier alpha value is -3.62. The Balaban J connectivity index is 1.47. The maximum Gasteiger partial charge on any atom is 0.144 e. The van der Waals surface area contributed by atoms with Gasteiger partial charge in [-0.1, -0.05) is 84.4 Å². The minimum Gasteiger partial charge on any atom is -0.364 e. The zero-order chi connectivity index (χ0) is 23.8. The highest BCUT2D eigenvalue weighted by atomic mass is 35.5. The fraction of sp³-hybridized carbons (Fsp3) is 0.156. The van der Waals surface area contributed by atoms with E-state index in [1.165, 1.54) is 32.7 Å². The van der Waals surface area contributed by atoms with Crippen molar-refractivity contribution in [2.75, 3.05) is 0 Å². The number of allylic oxidation sites excluding steroid dienone is 5. The number of nitrogens with one attached hydrogen (secondary N) is 1. The van der Waals surface area contributed by atoms with E-state index in [2.05, 4.69) is 66.0 Å². The molecule has 0 amide bonds. The molecule has 0 radical (unpaired) electrons. The summed E-state index contributed by atoms with van der Waals surface area (Å²) in [4.78, 5) is 13.6. The summed E-state index contributed by atoms with van der Waals surface area (Å²) in [5, 5.41) is 6.63. The van der Waals surface area contributed by atoms with E-state index in [0.717, 1.165) is 24.1 Å². The Labute approximate surface area is 210 Å². The van der Waals surface area contributed by atoms with Gasteiger partial charge in [0.05, 0.1) is 0 Å². The lowest BCUT2D eigenvalue weighted by molar-refractivity contribution is -0.120. The summed E-state index contributed by atoms with van der Waals surface area (Å²) in [5.74, 6) is 0.216. The number of halogens is 1. The van der Waals surface area contributed by atoms with Gasteiger partial charge >= 0.3 is 0 Å². The lowest BCUT2D eigenvalue weighted by Crippen LogP contribution is -2.40. The van der Waals surface area contributed by atoms with Gasteiger partial charge in [-0.25, -0.2) is 0 Å². The van der Waals surface area contributed by atoms with E-state index in [0.29, 0.717) is 11.4 Å². The van der Waals surface area contributed by atoms with Gasteiger partial charge in [-0.3, -0.25) is 4.79 Å². The molecule has 0 spiro atoms. The first-order valence-corrected chi connectivity index (χ1v) is 12.6. The SMILES string of the molecule is O=C(Cc1ccc(Cl)cc1)C1C=c2c(ccc3c2=CCc2ccccc2-3)C(C2=CC=CC=CN2)C1. The number of benzene rings is 3.